The molecule has 4 nitrogen and oxygen atoms in total. The normalized spacial score (nSPS) is 11.1. The second kappa shape index (κ2) is 14.0. The highest BCUT2D eigenvalue weighted by Gasteiger charge is 1.89. The molecule has 2 rings (SSSR count). The van der Waals surface area contributed by atoms with Crippen molar-refractivity contribution in [3.63, 3.8) is 0 Å². The maximum Gasteiger partial charge on any atom is 0.113 e. The molecule has 132 valence electrons. The van der Waals surface area contributed by atoms with Crippen molar-refractivity contribution >= 4 is 47.8 Å². The summed E-state index contributed by atoms with van der Waals surface area (Å²) in [6, 6.07) is 7.46. The van der Waals surface area contributed by atoms with E-state index < -0.39 is 12.2 Å². The van der Waals surface area contributed by atoms with Crippen LogP contribution in [0.4, 0.5) is 0 Å². The molecule has 0 unspecified atom stereocenters. The first-order valence-electron chi connectivity index (χ1n) is 6.97. The van der Waals surface area contributed by atoms with Crippen molar-refractivity contribution in [1.29, 1.82) is 0 Å². The third-order valence-corrected chi connectivity index (χ3v) is 3.48. The maximum atomic E-state index is 8.86. The van der Waals surface area contributed by atoms with Gasteiger partial charge in [0.15, 0.2) is 0 Å². The minimum absolute atomic E-state index is 0.588. The van der Waals surface area contributed by atoms with Crippen LogP contribution in [0.2, 0.25) is 0 Å². The molecule has 0 spiro atoms. The largest absolute Gasteiger partial charge is 0.381 e. The van der Waals surface area contributed by atoms with Crippen LogP contribution < -0.4 is 0 Å². The molecule has 0 aromatic carbocycles. The first-order chi connectivity index (χ1) is 11.7. The zero-order valence-corrected chi connectivity index (χ0v) is 18.4. The third-order valence-electron chi connectivity index (χ3n) is 2.07. The molecule has 0 bridgehead atoms. The van der Waals surface area contributed by atoms with Crippen molar-refractivity contribution in [2.75, 3.05) is 0 Å². The Morgan fingerprint density at radius 1 is 0.920 bits per heavy atom. The molecule has 2 aromatic rings. The number of nitrogens with zero attached hydrogens (tertiary/aromatic N) is 2. The Morgan fingerprint density at radius 2 is 1.44 bits per heavy atom. The van der Waals surface area contributed by atoms with Crippen molar-refractivity contribution in [3.8, 4) is 24.2 Å². The molecule has 0 aliphatic rings. The second-order valence-corrected chi connectivity index (χ2v) is 7.09. The minimum Gasteiger partial charge on any atom is -0.381 e. The smallest absolute Gasteiger partial charge is 0.113 e. The van der Waals surface area contributed by atoms with Gasteiger partial charge in [0.1, 0.15) is 22.5 Å². The number of hydrogen-bond acceptors (Lipinski definition) is 4. The molecular formula is C18H17Br3N2O2. The number of aromatic nitrogens is 2. The maximum absolute atomic E-state index is 8.86. The van der Waals surface area contributed by atoms with E-state index in [2.05, 4.69) is 81.9 Å². The molecule has 0 aliphatic carbocycles. The van der Waals surface area contributed by atoms with Crippen molar-refractivity contribution in [3.05, 3.63) is 55.9 Å². The lowest BCUT2D eigenvalue weighted by Gasteiger charge is -1.90. The number of halogens is 3. The van der Waals surface area contributed by atoms with Gasteiger partial charge in [-0.25, -0.2) is 9.97 Å². The summed E-state index contributed by atoms with van der Waals surface area (Å²) < 4.78 is 2.78. The van der Waals surface area contributed by atoms with Crippen molar-refractivity contribution in [2.24, 2.45) is 0 Å². The average Bonchev–Trinajstić information content (AvgIpc) is 2.58. The molecular weight excluding hydrogens is 516 g/mol. The van der Waals surface area contributed by atoms with Crippen molar-refractivity contribution < 1.29 is 10.2 Å². The number of terminal acetylenes is 1. The van der Waals surface area contributed by atoms with Crippen LogP contribution in [-0.2, 0) is 0 Å². The zero-order chi connectivity index (χ0) is 19.2. The number of aliphatic hydroxyl groups excluding tert-OH is 2. The van der Waals surface area contributed by atoms with Gasteiger partial charge in [0.05, 0.1) is 0 Å². The van der Waals surface area contributed by atoms with Crippen molar-refractivity contribution in [1.82, 2.24) is 9.97 Å². The Balaban J connectivity index is 0.000000382. The molecule has 0 amide bonds. The van der Waals surface area contributed by atoms with Crippen LogP contribution in [-0.4, -0.2) is 32.4 Å². The number of aliphatic hydroxyl groups is 2. The summed E-state index contributed by atoms with van der Waals surface area (Å²) in [5.41, 5.74) is 0.666. The summed E-state index contributed by atoms with van der Waals surface area (Å²) in [6.07, 6.45) is 6.89. The quantitative estimate of drug-likeness (QED) is 0.394. The molecule has 0 saturated carbocycles. The molecule has 2 aromatic heterocycles. The van der Waals surface area contributed by atoms with Crippen LogP contribution in [0.25, 0.3) is 0 Å². The SMILES string of the molecule is Brc1ccc(Br)nc1.C#C[C@@H](C)O.C[C@@H](O)C#Cc1ccc(Br)cn1. The molecule has 2 N–H and O–H groups in total. The molecule has 0 radical (unpaired) electrons. The first kappa shape index (κ1) is 23.8. The van der Waals surface area contributed by atoms with Gasteiger partial charge in [-0.2, -0.15) is 0 Å². The van der Waals surface area contributed by atoms with Gasteiger partial charge < -0.3 is 10.2 Å². The summed E-state index contributed by atoms with van der Waals surface area (Å²) in [4.78, 5) is 7.97. The molecule has 0 fully saturated rings. The standard InChI is InChI=1S/C9H8BrNO.C5H3Br2N.C4H6O/c1-7(12)2-4-9-5-3-8(10)6-11-9;6-4-1-2-5(7)8-3-4;1-3-4(2)5/h3,5-7,12H,1H3;1-3H;1,4-5H,2H3/t7-;;4-/m1.1/s1. The van der Waals surface area contributed by atoms with E-state index in [9.17, 15) is 0 Å². The number of pyridine rings is 2. The monoisotopic (exact) mass is 530 g/mol. The summed E-state index contributed by atoms with van der Waals surface area (Å²) in [5.74, 6) is 7.43. The topological polar surface area (TPSA) is 66.2 Å². The van der Waals surface area contributed by atoms with Crippen LogP contribution >= 0.6 is 47.8 Å². The van der Waals surface area contributed by atoms with Crippen LogP contribution in [0.1, 0.15) is 19.5 Å². The van der Waals surface area contributed by atoms with Gasteiger partial charge >= 0.3 is 0 Å². The molecule has 0 saturated heterocycles. The molecule has 25 heavy (non-hydrogen) atoms. The highest BCUT2D eigenvalue weighted by molar-refractivity contribution is 9.11. The minimum atomic E-state index is -0.601. The van der Waals surface area contributed by atoms with E-state index in [-0.39, 0.29) is 0 Å². The number of hydrogen-bond donors (Lipinski definition) is 2. The van der Waals surface area contributed by atoms with E-state index in [1.54, 1.807) is 32.3 Å². The highest BCUT2D eigenvalue weighted by Crippen LogP contribution is 2.10. The third kappa shape index (κ3) is 14.8. The van der Waals surface area contributed by atoms with Gasteiger partial charge in [-0.3, -0.25) is 0 Å². The summed E-state index contributed by atoms with van der Waals surface area (Å²) in [6.45, 7) is 3.16. The molecule has 2 atom stereocenters. The first-order valence-corrected chi connectivity index (χ1v) is 9.35. The van der Waals surface area contributed by atoms with Crippen molar-refractivity contribution in [2.45, 2.75) is 26.1 Å². The van der Waals surface area contributed by atoms with Gasteiger partial charge in [-0.1, -0.05) is 11.8 Å². The van der Waals surface area contributed by atoms with Gasteiger partial charge in [-0.15, -0.1) is 6.42 Å². The summed E-state index contributed by atoms with van der Waals surface area (Å²) in [5, 5.41) is 17.0. The number of rotatable bonds is 0. The Labute approximate surface area is 173 Å². The fraction of sp³-hybridized carbons (Fsp3) is 0.222. The summed E-state index contributed by atoms with van der Waals surface area (Å²) >= 11 is 9.74. The molecule has 2 heterocycles. The van der Waals surface area contributed by atoms with Gasteiger partial charge in [0.2, 0.25) is 0 Å². The molecule has 0 aliphatic heterocycles. The van der Waals surface area contributed by atoms with E-state index in [1.165, 1.54) is 0 Å². The Morgan fingerprint density at radius 3 is 1.76 bits per heavy atom. The van der Waals surface area contributed by atoms with Crippen LogP contribution in [0.5, 0.6) is 0 Å². The lowest BCUT2D eigenvalue weighted by Crippen LogP contribution is -1.93. The van der Waals surface area contributed by atoms with Gasteiger partial charge in [0, 0.05) is 21.3 Å². The highest BCUT2D eigenvalue weighted by atomic mass is 79.9. The van der Waals surface area contributed by atoms with Crippen LogP contribution in [0.3, 0.4) is 0 Å². The van der Waals surface area contributed by atoms with E-state index >= 15 is 0 Å². The Hall–Kier alpha value is -1.22. The van der Waals surface area contributed by atoms with Gasteiger partial charge in [0.25, 0.3) is 0 Å². The second-order valence-electron chi connectivity index (χ2n) is 4.45. The average molecular weight is 533 g/mol. The lowest BCUT2D eigenvalue weighted by atomic mass is 10.3. The Kier molecular flexibility index (Phi) is 13.3. The molecule has 7 heteroatoms. The van der Waals surface area contributed by atoms with E-state index in [0.717, 1.165) is 13.5 Å². The zero-order valence-electron chi connectivity index (χ0n) is 13.6. The van der Waals surface area contributed by atoms with E-state index in [1.807, 2.05) is 18.2 Å². The fourth-order valence-electron chi connectivity index (χ4n) is 0.986. The van der Waals surface area contributed by atoms with Crippen LogP contribution in [0.15, 0.2) is 50.2 Å². The predicted octanol–water partition coefficient (Wildman–Crippen LogP) is 4.18. The van der Waals surface area contributed by atoms with Crippen LogP contribution in [0, 0.1) is 24.2 Å². The Bertz CT molecular complexity index is 692. The predicted molar refractivity (Wildman–Crippen MR) is 111 cm³/mol. The van der Waals surface area contributed by atoms with E-state index in [4.69, 9.17) is 10.2 Å². The lowest BCUT2D eigenvalue weighted by molar-refractivity contribution is 0.253. The summed E-state index contributed by atoms with van der Waals surface area (Å²) in [7, 11) is 0. The van der Waals surface area contributed by atoms with Gasteiger partial charge in [-0.05, 0) is 91.8 Å². The van der Waals surface area contributed by atoms with E-state index in [0.29, 0.717) is 5.69 Å². The fourth-order valence-corrected chi connectivity index (χ4v) is 1.69.